The van der Waals surface area contributed by atoms with Crippen LogP contribution in [0.1, 0.15) is 5.56 Å². The number of nitrogens with two attached hydrogens (primary N) is 1. The van der Waals surface area contributed by atoms with Crippen LogP contribution in [0.25, 0.3) is 0 Å². The van der Waals surface area contributed by atoms with E-state index in [2.05, 4.69) is 9.69 Å². The highest BCUT2D eigenvalue weighted by atomic mass is 35.5. The number of nitrogens with one attached hydrogen (secondary N) is 1. The van der Waals surface area contributed by atoms with Gasteiger partial charge in [0.05, 0.1) is 7.11 Å². The molecule has 4 nitrogen and oxygen atoms in total. The van der Waals surface area contributed by atoms with Crippen molar-refractivity contribution in [2.75, 3.05) is 24.7 Å². The number of anilines is 2. The summed E-state index contributed by atoms with van der Waals surface area (Å²) < 4.78 is 9.22. The molecular weight excluding hydrogens is 270 g/mol. The largest absolute Gasteiger partial charge is 0.490 e. The first kappa shape index (κ1) is 13.0. The molecule has 0 aliphatic heterocycles. The Morgan fingerprint density at radius 3 is 2.78 bits per heavy atom. The van der Waals surface area contributed by atoms with Gasteiger partial charge in [0.25, 0.3) is 0 Å². The van der Waals surface area contributed by atoms with Gasteiger partial charge in [0.15, 0.2) is 16.6 Å². The third-order valence-electron chi connectivity index (χ3n) is 2.49. The Bertz CT molecular complexity index is 513. The summed E-state index contributed by atoms with van der Waals surface area (Å²) in [4.78, 5) is 0. The molecular formula is C12H14ClN3OS. The predicted octanol–water partition coefficient (Wildman–Crippen LogP) is 3.04. The van der Waals surface area contributed by atoms with E-state index in [4.69, 9.17) is 22.1 Å². The van der Waals surface area contributed by atoms with Crippen LogP contribution in [0, 0.1) is 0 Å². The molecule has 2 aromatic rings. The lowest BCUT2D eigenvalue weighted by Gasteiger charge is -2.06. The fourth-order valence-electron chi connectivity index (χ4n) is 1.58. The lowest BCUT2D eigenvalue weighted by Crippen LogP contribution is -2.04. The maximum atomic E-state index is 5.83. The van der Waals surface area contributed by atoms with E-state index < -0.39 is 0 Å². The normalized spacial score (nSPS) is 10.3. The van der Waals surface area contributed by atoms with Crippen LogP contribution in [-0.2, 0) is 6.42 Å². The van der Waals surface area contributed by atoms with Crippen molar-refractivity contribution >= 4 is 34.0 Å². The molecule has 2 rings (SSSR count). The number of aromatic nitrogens is 1. The molecule has 96 valence electrons. The highest BCUT2D eigenvalue weighted by molar-refractivity contribution is 7.11. The highest BCUT2D eigenvalue weighted by Gasteiger charge is 2.10. The van der Waals surface area contributed by atoms with E-state index in [0.717, 1.165) is 23.0 Å². The summed E-state index contributed by atoms with van der Waals surface area (Å²) >= 11 is 7.14. The zero-order chi connectivity index (χ0) is 13.0. The molecule has 0 amide bonds. The van der Waals surface area contributed by atoms with Crippen molar-refractivity contribution in [2.45, 2.75) is 6.42 Å². The quantitative estimate of drug-likeness (QED) is 0.885. The number of nitrogen functional groups attached to an aromatic ring is 1. The Balaban J connectivity index is 1.90. The number of nitrogens with zero attached hydrogens (tertiary/aromatic N) is 1. The molecule has 0 spiro atoms. The van der Waals surface area contributed by atoms with Crippen LogP contribution in [-0.4, -0.2) is 18.0 Å². The molecule has 0 radical (unpaired) electrons. The SMILES string of the molecule is COc1c(N)nsc1NCCc1ccc(Cl)cc1. The van der Waals surface area contributed by atoms with Crippen molar-refractivity contribution in [1.29, 1.82) is 0 Å². The summed E-state index contributed by atoms with van der Waals surface area (Å²) in [7, 11) is 1.59. The second kappa shape index (κ2) is 5.93. The molecule has 0 aliphatic carbocycles. The number of ether oxygens (including phenoxy) is 1. The smallest absolute Gasteiger partial charge is 0.197 e. The summed E-state index contributed by atoms with van der Waals surface area (Å²) in [6.07, 6.45) is 0.901. The minimum Gasteiger partial charge on any atom is -0.490 e. The average molecular weight is 284 g/mol. The standard InChI is InChI=1S/C12H14ClN3OS/c1-17-10-11(14)16-18-12(10)15-7-6-8-2-4-9(13)5-3-8/h2-5,15H,6-7H2,1H3,(H2,14,16). The fraction of sp³-hybridized carbons (Fsp3) is 0.250. The molecule has 0 fully saturated rings. The molecule has 1 heterocycles. The summed E-state index contributed by atoms with van der Waals surface area (Å²) in [5.41, 5.74) is 6.90. The number of methoxy groups -OCH3 is 1. The van der Waals surface area contributed by atoms with Gasteiger partial charge in [-0.15, -0.1) is 0 Å². The molecule has 0 atom stereocenters. The maximum Gasteiger partial charge on any atom is 0.197 e. The molecule has 1 aromatic carbocycles. The van der Waals surface area contributed by atoms with Crippen LogP contribution in [0.4, 0.5) is 10.8 Å². The first-order chi connectivity index (χ1) is 8.70. The van der Waals surface area contributed by atoms with Gasteiger partial charge in [0, 0.05) is 11.6 Å². The van der Waals surface area contributed by atoms with Crippen LogP contribution in [0.2, 0.25) is 5.02 Å². The molecule has 0 aliphatic rings. The van der Waals surface area contributed by atoms with Crippen LogP contribution in [0.15, 0.2) is 24.3 Å². The summed E-state index contributed by atoms with van der Waals surface area (Å²) in [5.74, 6) is 1.05. The number of halogens is 1. The second-order valence-corrected chi connectivity index (χ2v) is 4.94. The van der Waals surface area contributed by atoms with E-state index in [1.165, 1.54) is 17.1 Å². The van der Waals surface area contributed by atoms with Gasteiger partial charge in [-0.25, -0.2) is 0 Å². The van der Waals surface area contributed by atoms with Crippen LogP contribution in [0.5, 0.6) is 5.75 Å². The van der Waals surface area contributed by atoms with E-state index >= 15 is 0 Å². The Hall–Kier alpha value is -1.46. The zero-order valence-corrected chi connectivity index (χ0v) is 11.5. The average Bonchev–Trinajstić information content (AvgIpc) is 2.72. The maximum absolute atomic E-state index is 5.83. The molecule has 0 saturated carbocycles. The lowest BCUT2D eigenvalue weighted by molar-refractivity contribution is 0.419. The first-order valence-corrected chi connectivity index (χ1v) is 6.63. The van der Waals surface area contributed by atoms with Gasteiger partial charge in [-0.2, -0.15) is 4.37 Å². The van der Waals surface area contributed by atoms with Crippen molar-refractivity contribution in [3.63, 3.8) is 0 Å². The topological polar surface area (TPSA) is 60.2 Å². The number of hydrogen-bond donors (Lipinski definition) is 2. The summed E-state index contributed by atoms with van der Waals surface area (Å²) in [6, 6.07) is 7.81. The Labute approximate surface area is 115 Å². The molecule has 6 heteroatoms. The van der Waals surface area contributed by atoms with E-state index in [9.17, 15) is 0 Å². The summed E-state index contributed by atoms with van der Waals surface area (Å²) in [6.45, 7) is 0.791. The third-order valence-corrected chi connectivity index (χ3v) is 3.54. The zero-order valence-electron chi connectivity index (χ0n) is 9.94. The van der Waals surface area contributed by atoms with Crippen molar-refractivity contribution < 1.29 is 4.74 Å². The monoisotopic (exact) mass is 283 g/mol. The minimum atomic E-state index is 0.427. The molecule has 1 aromatic heterocycles. The fourth-order valence-corrected chi connectivity index (χ4v) is 2.41. The lowest BCUT2D eigenvalue weighted by atomic mass is 10.1. The first-order valence-electron chi connectivity index (χ1n) is 5.48. The number of benzene rings is 1. The van der Waals surface area contributed by atoms with Gasteiger partial charge in [-0.05, 0) is 35.6 Å². The van der Waals surface area contributed by atoms with Crippen molar-refractivity contribution in [3.05, 3.63) is 34.9 Å². The van der Waals surface area contributed by atoms with Crippen molar-refractivity contribution in [3.8, 4) is 5.75 Å². The summed E-state index contributed by atoms with van der Waals surface area (Å²) in [5, 5.41) is 4.88. The van der Waals surface area contributed by atoms with Crippen molar-refractivity contribution in [1.82, 2.24) is 4.37 Å². The van der Waals surface area contributed by atoms with Gasteiger partial charge in [-0.3, -0.25) is 0 Å². The Kier molecular flexibility index (Phi) is 4.28. The predicted molar refractivity (Wildman–Crippen MR) is 76.7 cm³/mol. The van der Waals surface area contributed by atoms with Gasteiger partial charge < -0.3 is 15.8 Å². The number of rotatable bonds is 5. The Morgan fingerprint density at radius 1 is 1.39 bits per heavy atom. The van der Waals surface area contributed by atoms with Gasteiger partial charge >= 0.3 is 0 Å². The third kappa shape index (κ3) is 3.05. The van der Waals surface area contributed by atoms with Crippen molar-refractivity contribution in [2.24, 2.45) is 0 Å². The minimum absolute atomic E-state index is 0.427. The van der Waals surface area contributed by atoms with Crippen LogP contribution in [0.3, 0.4) is 0 Å². The van der Waals surface area contributed by atoms with Crippen LogP contribution < -0.4 is 15.8 Å². The van der Waals surface area contributed by atoms with E-state index in [-0.39, 0.29) is 0 Å². The van der Waals surface area contributed by atoms with E-state index in [1.807, 2.05) is 24.3 Å². The van der Waals surface area contributed by atoms with Gasteiger partial charge in [0.1, 0.15) is 0 Å². The molecule has 3 N–H and O–H groups in total. The van der Waals surface area contributed by atoms with Crippen LogP contribution >= 0.6 is 23.1 Å². The molecule has 0 bridgehead atoms. The second-order valence-electron chi connectivity index (χ2n) is 3.73. The molecule has 0 saturated heterocycles. The van der Waals surface area contributed by atoms with E-state index in [1.54, 1.807) is 7.11 Å². The van der Waals surface area contributed by atoms with Gasteiger partial charge in [-0.1, -0.05) is 23.7 Å². The Morgan fingerprint density at radius 2 is 2.11 bits per heavy atom. The molecule has 18 heavy (non-hydrogen) atoms. The number of hydrogen-bond acceptors (Lipinski definition) is 5. The highest BCUT2D eigenvalue weighted by Crippen LogP contribution is 2.34. The molecule has 0 unspecified atom stereocenters. The van der Waals surface area contributed by atoms with Gasteiger partial charge in [0.2, 0.25) is 0 Å². The van der Waals surface area contributed by atoms with E-state index in [0.29, 0.717) is 11.6 Å².